The van der Waals surface area contributed by atoms with Gasteiger partial charge in [-0.3, -0.25) is 14.3 Å². The van der Waals surface area contributed by atoms with E-state index in [4.69, 9.17) is 5.73 Å². The van der Waals surface area contributed by atoms with Crippen LogP contribution in [0.4, 0.5) is 18.9 Å². The molecule has 21 heavy (non-hydrogen) atoms. The number of nitrogens with two attached hydrogens (primary N) is 1. The van der Waals surface area contributed by atoms with Crippen molar-refractivity contribution >= 4 is 17.6 Å². The van der Waals surface area contributed by atoms with E-state index in [-0.39, 0.29) is 17.8 Å². The highest BCUT2D eigenvalue weighted by Gasteiger charge is 2.34. The maximum Gasteiger partial charge on any atom is 0.406 e. The van der Waals surface area contributed by atoms with E-state index in [0.717, 1.165) is 11.8 Å². The van der Waals surface area contributed by atoms with E-state index < -0.39 is 31.1 Å². The van der Waals surface area contributed by atoms with Crippen molar-refractivity contribution in [1.29, 1.82) is 0 Å². The normalized spacial score (nSPS) is 11.3. The average Bonchev–Trinajstić information content (AvgIpc) is 2.71. The fourth-order valence-corrected chi connectivity index (χ4v) is 1.66. The van der Waals surface area contributed by atoms with Crippen molar-refractivity contribution in [2.24, 2.45) is 7.05 Å². The number of anilines is 1. The Kier molecular flexibility index (Phi) is 5.17. The zero-order valence-electron chi connectivity index (χ0n) is 11.5. The summed E-state index contributed by atoms with van der Waals surface area (Å²) in [5.41, 5.74) is 5.32. The van der Waals surface area contributed by atoms with Gasteiger partial charge >= 0.3 is 12.1 Å². The predicted molar refractivity (Wildman–Crippen MR) is 66.2 cm³/mol. The molecule has 0 aliphatic heterocycles. The number of hydrogen-bond acceptors (Lipinski definition) is 5. The molecule has 0 atom stereocenters. The number of hydrogen-bond donors (Lipinski definition) is 1. The second-order valence-corrected chi connectivity index (χ2v) is 4.24. The number of nitrogen functional groups attached to an aromatic ring is 1. The maximum atomic E-state index is 12.6. The van der Waals surface area contributed by atoms with E-state index in [1.165, 1.54) is 13.2 Å². The number of rotatable bonds is 5. The van der Waals surface area contributed by atoms with Crippen LogP contribution < -0.4 is 5.73 Å². The van der Waals surface area contributed by atoms with Crippen LogP contribution in [-0.4, -0.2) is 52.9 Å². The molecule has 10 heteroatoms. The van der Waals surface area contributed by atoms with Crippen LogP contribution in [0, 0.1) is 0 Å². The molecule has 0 bridgehead atoms. The first-order valence-electron chi connectivity index (χ1n) is 5.86. The van der Waals surface area contributed by atoms with Crippen LogP contribution in [0.2, 0.25) is 0 Å². The van der Waals surface area contributed by atoms with Crippen molar-refractivity contribution in [3.63, 3.8) is 0 Å². The Hall–Kier alpha value is -2.26. The zero-order valence-corrected chi connectivity index (χ0v) is 11.5. The van der Waals surface area contributed by atoms with Crippen LogP contribution in [0.1, 0.15) is 16.9 Å². The second kappa shape index (κ2) is 6.46. The molecule has 0 saturated heterocycles. The highest BCUT2D eigenvalue weighted by molar-refractivity contribution is 5.97. The van der Waals surface area contributed by atoms with Crippen LogP contribution >= 0.6 is 0 Å². The Morgan fingerprint density at radius 3 is 2.52 bits per heavy atom. The molecule has 0 unspecified atom stereocenters. The molecule has 0 aliphatic rings. The maximum absolute atomic E-state index is 12.6. The Morgan fingerprint density at radius 2 is 2.10 bits per heavy atom. The highest BCUT2D eigenvalue weighted by Crippen LogP contribution is 2.20. The first-order valence-corrected chi connectivity index (χ1v) is 5.86. The van der Waals surface area contributed by atoms with Crippen molar-refractivity contribution in [2.45, 2.75) is 12.6 Å². The van der Waals surface area contributed by atoms with Gasteiger partial charge < -0.3 is 15.4 Å². The SMILES string of the molecule is COC(=O)CCN(CC(F)(F)F)C(=O)c1c(N)cnn1C. The van der Waals surface area contributed by atoms with E-state index >= 15 is 0 Å². The lowest BCUT2D eigenvalue weighted by Gasteiger charge is -2.23. The monoisotopic (exact) mass is 308 g/mol. The minimum Gasteiger partial charge on any atom is -0.469 e. The largest absolute Gasteiger partial charge is 0.469 e. The number of alkyl halides is 3. The lowest BCUT2D eigenvalue weighted by atomic mass is 10.3. The Morgan fingerprint density at radius 1 is 1.48 bits per heavy atom. The molecular formula is C11H15F3N4O3. The van der Waals surface area contributed by atoms with Crippen LogP contribution in [0.3, 0.4) is 0 Å². The third-order valence-corrected chi connectivity index (χ3v) is 2.64. The first kappa shape index (κ1) is 16.8. The number of amides is 1. The van der Waals surface area contributed by atoms with Crippen LogP contribution in [0.5, 0.6) is 0 Å². The zero-order chi connectivity index (χ0) is 16.2. The molecule has 0 aliphatic carbocycles. The van der Waals surface area contributed by atoms with Gasteiger partial charge in [-0.25, -0.2) is 0 Å². The number of aromatic nitrogens is 2. The lowest BCUT2D eigenvalue weighted by Crippen LogP contribution is -2.41. The molecule has 1 amide bonds. The summed E-state index contributed by atoms with van der Waals surface area (Å²) in [5, 5.41) is 3.70. The quantitative estimate of drug-likeness (QED) is 0.803. The van der Waals surface area contributed by atoms with Gasteiger partial charge in [-0.2, -0.15) is 18.3 Å². The summed E-state index contributed by atoms with van der Waals surface area (Å²) in [6.07, 6.45) is -3.78. The molecule has 0 saturated carbocycles. The van der Waals surface area contributed by atoms with Crippen LogP contribution in [0.25, 0.3) is 0 Å². The van der Waals surface area contributed by atoms with Crippen LogP contribution in [-0.2, 0) is 16.6 Å². The fraction of sp³-hybridized carbons (Fsp3) is 0.545. The van der Waals surface area contributed by atoms with Crippen LogP contribution in [0.15, 0.2) is 6.20 Å². The summed E-state index contributed by atoms with van der Waals surface area (Å²) in [7, 11) is 2.49. The highest BCUT2D eigenvalue weighted by atomic mass is 19.4. The molecule has 1 rings (SSSR count). The molecule has 0 fully saturated rings. The van der Waals surface area contributed by atoms with Crippen molar-refractivity contribution in [1.82, 2.24) is 14.7 Å². The third kappa shape index (κ3) is 4.65. The van der Waals surface area contributed by atoms with Gasteiger partial charge in [0.25, 0.3) is 5.91 Å². The van der Waals surface area contributed by atoms with E-state index in [9.17, 15) is 22.8 Å². The van der Waals surface area contributed by atoms with Crippen molar-refractivity contribution in [3.8, 4) is 0 Å². The Labute approximate surface area is 118 Å². The van der Waals surface area contributed by atoms with Crippen molar-refractivity contribution in [2.75, 3.05) is 25.9 Å². The Bertz CT molecular complexity index is 508. The van der Waals surface area contributed by atoms with Gasteiger partial charge in [0.05, 0.1) is 25.4 Å². The predicted octanol–water partition coefficient (Wildman–Crippen LogP) is 0.570. The smallest absolute Gasteiger partial charge is 0.406 e. The fourth-order valence-electron chi connectivity index (χ4n) is 1.66. The number of halogens is 3. The number of esters is 1. The molecule has 2 N–H and O–H groups in total. The standard InChI is InChI=1S/C11H15F3N4O3/c1-17-9(7(15)5-16-17)10(20)18(6-11(12,13)14)4-3-8(19)21-2/h5H,3-4,6,15H2,1-2H3. The molecule has 7 nitrogen and oxygen atoms in total. The summed E-state index contributed by atoms with van der Waals surface area (Å²) in [6.45, 7) is -1.93. The number of carbonyl (C=O) groups is 2. The molecule has 1 aromatic rings. The van der Waals surface area contributed by atoms with Gasteiger partial charge in [-0.1, -0.05) is 0 Å². The topological polar surface area (TPSA) is 90.4 Å². The van der Waals surface area contributed by atoms with Gasteiger partial charge in [-0.05, 0) is 0 Å². The number of ether oxygens (including phenoxy) is 1. The molecule has 0 aromatic carbocycles. The third-order valence-electron chi connectivity index (χ3n) is 2.64. The molecular weight excluding hydrogens is 293 g/mol. The summed E-state index contributed by atoms with van der Waals surface area (Å²) < 4.78 is 43.1. The second-order valence-electron chi connectivity index (χ2n) is 4.24. The summed E-state index contributed by atoms with van der Waals surface area (Å²) >= 11 is 0. The molecule has 1 heterocycles. The van der Waals surface area contributed by atoms with Gasteiger partial charge in [0.1, 0.15) is 12.2 Å². The Balaban J connectivity index is 2.95. The van der Waals surface area contributed by atoms with Gasteiger partial charge in [-0.15, -0.1) is 0 Å². The van der Waals surface area contributed by atoms with E-state index in [0.29, 0.717) is 4.90 Å². The minimum atomic E-state index is -4.60. The number of carbonyl (C=O) groups excluding carboxylic acids is 2. The molecule has 1 aromatic heterocycles. The van der Waals surface area contributed by atoms with E-state index in [1.807, 2.05) is 0 Å². The van der Waals surface area contributed by atoms with Gasteiger partial charge in [0, 0.05) is 13.6 Å². The van der Waals surface area contributed by atoms with E-state index in [2.05, 4.69) is 9.84 Å². The van der Waals surface area contributed by atoms with Gasteiger partial charge in [0.15, 0.2) is 0 Å². The summed E-state index contributed by atoms with van der Waals surface area (Å²) in [5.74, 6) is -1.67. The van der Waals surface area contributed by atoms with E-state index in [1.54, 1.807) is 0 Å². The number of nitrogens with zero attached hydrogens (tertiary/aromatic N) is 3. The summed E-state index contributed by atoms with van der Waals surface area (Å²) in [6, 6.07) is 0. The first-order chi connectivity index (χ1) is 9.65. The number of methoxy groups -OCH3 is 1. The minimum absolute atomic E-state index is 0.0345. The molecule has 118 valence electrons. The lowest BCUT2D eigenvalue weighted by molar-refractivity contribution is -0.147. The number of aryl methyl sites for hydroxylation is 1. The average molecular weight is 308 g/mol. The summed E-state index contributed by atoms with van der Waals surface area (Å²) in [4.78, 5) is 23.7. The van der Waals surface area contributed by atoms with Crippen molar-refractivity contribution < 1.29 is 27.5 Å². The van der Waals surface area contributed by atoms with Crippen molar-refractivity contribution in [3.05, 3.63) is 11.9 Å². The molecule has 0 radical (unpaired) electrons. The molecule has 0 spiro atoms. The van der Waals surface area contributed by atoms with Gasteiger partial charge in [0.2, 0.25) is 0 Å².